The lowest BCUT2D eigenvalue weighted by Crippen LogP contribution is -1.78. The van der Waals surface area contributed by atoms with E-state index in [2.05, 4.69) is 12.6 Å². The predicted octanol–water partition coefficient (Wildman–Crippen LogP) is 1.17. The van der Waals surface area contributed by atoms with Gasteiger partial charge in [-0.1, -0.05) is 12.6 Å². The van der Waals surface area contributed by atoms with Crippen LogP contribution in [0.1, 0.15) is 6.92 Å². The van der Waals surface area contributed by atoms with Gasteiger partial charge in [-0.25, -0.2) is 0 Å². The van der Waals surface area contributed by atoms with Crippen LogP contribution in [-0.2, 0) is 4.74 Å². The minimum absolute atomic E-state index is 0.219. The first-order chi connectivity index (χ1) is 3.91. The zero-order valence-corrected chi connectivity index (χ0v) is 7.10. The van der Waals surface area contributed by atoms with Crippen LogP contribution in [0.5, 0.6) is 0 Å². The van der Waals surface area contributed by atoms with Gasteiger partial charge in [-0.05, 0) is 13.0 Å². The van der Waals surface area contributed by atoms with E-state index < -0.39 is 0 Å². The Hall–Kier alpha value is -0.243. The van der Waals surface area contributed by atoms with E-state index in [9.17, 15) is 0 Å². The van der Waals surface area contributed by atoms with Gasteiger partial charge >= 0.3 is 0 Å². The molecule has 0 saturated carbocycles. The van der Waals surface area contributed by atoms with Gasteiger partial charge in [-0.15, -0.1) is 0 Å². The Morgan fingerprint density at radius 1 is 1.62 bits per heavy atom. The van der Waals surface area contributed by atoms with E-state index in [1.165, 1.54) is 6.04 Å². The molecule has 0 unspecified atom stereocenters. The van der Waals surface area contributed by atoms with E-state index >= 15 is 0 Å². The van der Waals surface area contributed by atoms with Crippen LogP contribution < -0.4 is 0 Å². The molecule has 0 spiro atoms. The normalized spacial score (nSPS) is 11.8. The van der Waals surface area contributed by atoms with Crippen molar-refractivity contribution in [3.63, 3.8) is 0 Å². The summed E-state index contributed by atoms with van der Waals surface area (Å²) in [6.07, 6.45) is 3.91. The number of rotatable bonds is 4. The third-order valence-corrected chi connectivity index (χ3v) is 1.73. The Morgan fingerprint density at radius 3 is 2.88 bits per heavy atom. The van der Waals surface area contributed by atoms with Gasteiger partial charge in [0.05, 0.1) is 12.9 Å². The summed E-state index contributed by atoms with van der Waals surface area (Å²) in [5, 5.41) is 0. The Bertz CT molecular complexity index is 53.5. The molecule has 48 valence electrons. The minimum atomic E-state index is 0.219. The summed E-state index contributed by atoms with van der Waals surface area (Å²) in [6.45, 7) is 5.08. The molecule has 8 heavy (non-hydrogen) atoms. The van der Waals surface area contributed by atoms with Crippen molar-refractivity contribution in [3.05, 3.63) is 12.3 Å². The van der Waals surface area contributed by atoms with Crippen molar-refractivity contribution in [2.45, 2.75) is 19.5 Å². The lowest BCUT2D eigenvalue weighted by molar-refractivity contribution is 0.269. The molecule has 0 heterocycles. The molecular weight excluding hydrogens is 116 g/mol. The number of hydrogen-bond acceptors (Lipinski definition) is 1. The van der Waals surface area contributed by atoms with Gasteiger partial charge in [0, 0.05) is 9.52 Å². The van der Waals surface area contributed by atoms with E-state index in [1.54, 1.807) is 6.26 Å². The first-order valence-corrected chi connectivity index (χ1v) is 5.59. The first kappa shape index (κ1) is 7.76. The minimum Gasteiger partial charge on any atom is -0.502 e. The van der Waals surface area contributed by atoms with Gasteiger partial charge in [-0.3, -0.25) is 0 Å². The number of hydrogen-bond donors (Lipinski definition) is 0. The van der Waals surface area contributed by atoms with Crippen LogP contribution in [0.2, 0.25) is 12.6 Å². The van der Waals surface area contributed by atoms with E-state index in [-0.39, 0.29) is 9.52 Å². The summed E-state index contributed by atoms with van der Waals surface area (Å²) in [5.74, 6) is 0. The molecule has 0 aliphatic heterocycles. The monoisotopic (exact) mass is 130 g/mol. The molecule has 1 nitrogen and oxygen atoms in total. The van der Waals surface area contributed by atoms with Crippen molar-refractivity contribution < 1.29 is 4.74 Å². The maximum atomic E-state index is 4.98. The molecule has 0 aromatic carbocycles. The molecule has 0 aliphatic carbocycles. The van der Waals surface area contributed by atoms with Gasteiger partial charge in [-0.2, -0.15) is 0 Å². The average molecular weight is 130 g/mol. The Morgan fingerprint density at radius 2 is 2.38 bits per heavy atom. The Kier molecular flexibility index (Phi) is 6.55. The van der Waals surface area contributed by atoms with Gasteiger partial charge in [0.1, 0.15) is 0 Å². The summed E-state index contributed by atoms with van der Waals surface area (Å²) in [6, 6.07) is 1.26. The molecule has 0 aliphatic rings. The van der Waals surface area contributed by atoms with E-state index in [1.807, 2.05) is 6.92 Å². The second kappa shape index (κ2) is 6.76. The largest absolute Gasteiger partial charge is 0.502 e. The molecule has 0 aromatic heterocycles. The second-order valence-corrected chi connectivity index (χ2v) is 3.19. The maximum absolute atomic E-state index is 4.98. The van der Waals surface area contributed by atoms with Crippen LogP contribution in [-0.4, -0.2) is 16.1 Å². The molecule has 0 saturated heterocycles. The Balaban J connectivity index is 2.83. The fraction of sp³-hybridized carbons (Fsp3) is 0.667. The van der Waals surface area contributed by atoms with Crippen molar-refractivity contribution >= 4 is 9.52 Å². The quantitative estimate of drug-likeness (QED) is 0.410. The van der Waals surface area contributed by atoms with Crippen molar-refractivity contribution in [1.29, 1.82) is 0 Å². The molecule has 0 atom stereocenters. The molecule has 0 amide bonds. The molecule has 0 aromatic rings. The smallest absolute Gasteiger partial charge is 0.0845 e. The predicted molar refractivity (Wildman–Crippen MR) is 40.0 cm³/mol. The van der Waals surface area contributed by atoms with Gasteiger partial charge in [0.25, 0.3) is 0 Å². The van der Waals surface area contributed by atoms with Crippen LogP contribution in [0, 0.1) is 0 Å². The van der Waals surface area contributed by atoms with E-state index in [0.717, 1.165) is 6.61 Å². The first-order valence-electron chi connectivity index (χ1n) is 3.18. The highest BCUT2D eigenvalue weighted by atomic mass is 28.2. The van der Waals surface area contributed by atoms with Gasteiger partial charge < -0.3 is 4.74 Å². The molecule has 0 radical (unpaired) electrons. The molecular formula is C6H14OSi. The summed E-state index contributed by atoms with van der Waals surface area (Å²) in [7, 11) is 0.219. The maximum Gasteiger partial charge on any atom is 0.0845 e. The summed E-state index contributed by atoms with van der Waals surface area (Å²) < 4.78 is 4.98. The van der Waals surface area contributed by atoms with E-state index in [0.29, 0.717) is 0 Å². The SMILES string of the molecule is CCOC=CC[SiH2]C. The van der Waals surface area contributed by atoms with E-state index in [4.69, 9.17) is 4.74 Å². The second-order valence-electron chi connectivity index (χ2n) is 1.62. The van der Waals surface area contributed by atoms with Crippen molar-refractivity contribution in [2.24, 2.45) is 0 Å². The highest BCUT2D eigenvalue weighted by Gasteiger charge is 1.71. The topological polar surface area (TPSA) is 9.23 Å². The van der Waals surface area contributed by atoms with Crippen LogP contribution >= 0.6 is 0 Å². The van der Waals surface area contributed by atoms with Crippen LogP contribution in [0.4, 0.5) is 0 Å². The van der Waals surface area contributed by atoms with Crippen LogP contribution in [0.15, 0.2) is 12.3 Å². The van der Waals surface area contributed by atoms with Crippen molar-refractivity contribution in [3.8, 4) is 0 Å². The lowest BCUT2D eigenvalue weighted by Gasteiger charge is -1.89. The lowest BCUT2D eigenvalue weighted by atomic mass is 10.7. The fourth-order valence-electron chi connectivity index (χ4n) is 0.399. The van der Waals surface area contributed by atoms with Crippen LogP contribution in [0.3, 0.4) is 0 Å². The molecule has 0 fully saturated rings. The summed E-state index contributed by atoms with van der Waals surface area (Å²) >= 11 is 0. The molecule has 0 N–H and O–H groups in total. The zero-order valence-electron chi connectivity index (χ0n) is 5.68. The highest BCUT2D eigenvalue weighted by molar-refractivity contribution is 6.34. The third-order valence-electron chi connectivity index (χ3n) is 0.814. The fourth-order valence-corrected chi connectivity index (χ4v) is 0.868. The van der Waals surface area contributed by atoms with Crippen molar-refractivity contribution in [2.75, 3.05) is 6.61 Å². The third kappa shape index (κ3) is 5.76. The molecule has 2 heteroatoms. The standard InChI is InChI=1S/C6H14OSi/c1-3-7-5-4-6-8-2/h4-5H,3,6,8H2,1-2H3. The van der Waals surface area contributed by atoms with Gasteiger partial charge in [0.2, 0.25) is 0 Å². The molecule has 0 rings (SSSR count). The Labute approximate surface area is 53.6 Å². The van der Waals surface area contributed by atoms with Crippen LogP contribution in [0.25, 0.3) is 0 Å². The molecule has 0 bridgehead atoms. The summed E-state index contributed by atoms with van der Waals surface area (Å²) in [4.78, 5) is 0. The summed E-state index contributed by atoms with van der Waals surface area (Å²) in [5.41, 5.74) is 0. The average Bonchev–Trinajstić information content (AvgIpc) is 1.81. The van der Waals surface area contributed by atoms with Crippen molar-refractivity contribution in [1.82, 2.24) is 0 Å². The number of ether oxygens (including phenoxy) is 1. The zero-order chi connectivity index (χ0) is 6.24. The highest BCUT2D eigenvalue weighted by Crippen LogP contribution is 1.82. The number of allylic oxidation sites excluding steroid dienone is 1. The van der Waals surface area contributed by atoms with Gasteiger partial charge in [0.15, 0.2) is 0 Å².